The third-order valence-corrected chi connectivity index (χ3v) is 5.17. The number of thioether (sulfide) groups is 1. The first-order chi connectivity index (χ1) is 9.52. The quantitative estimate of drug-likeness (QED) is 0.383. The van der Waals surface area contributed by atoms with Crippen molar-refractivity contribution in [3.05, 3.63) is 23.7 Å². The first-order valence-corrected chi connectivity index (χ1v) is 7.64. The van der Waals surface area contributed by atoms with Crippen LogP contribution in [0.15, 0.2) is 21.7 Å². The van der Waals surface area contributed by atoms with Gasteiger partial charge < -0.3 is 20.3 Å². The monoisotopic (exact) mass is 297 g/mol. The number of nitrogens with zero attached hydrogens (tertiary/aromatic N) is 2. The zero-order valence-electron chi connectivity index (χ0n) is 11.6. The fourth-order valence-electron chi connectivity index (χ4n) is 2.43. The van der Waals surface area contributed by atoms with Gasteiger partial charge in [0.1, 0.15) is 5.76 Å². The van der Waals surface area contributed by atoms with E-state index < -0.39 is 0 Å². The van der Waals surface area contributed by atoms with Crippen molar-refractivity contribution in [3.63, 3.8) is 0 Å². The molecule has 0 atom stereocenters. The second kappa shape index (κ2) is 5.78. The summed E-state index contributed by atoms with van der Waals surface area (Å²) in [6.07, 6.45) is 3.26. The molecule has 7 heteroatoms. The number of amidine groups is 1. The number of oxime groups is 1. The van der Waals surface area contributed by atoms with Crippen LogP contribution < -0.4 is 5.73 Å². The summed E-state index contributed by atoms with van der Waals surface area (Å²) in [5.41, 5.74) is 5.79. The van der Waals surface area contributed by atoms with Crippen molar-refractivity contribution in [3.8, 4) is 0 Å². The van der Waals surface area contributed by atoms with Gasteiger partial charge in [-0.1, -0.05) is 5.16 Å². The lowest BCUT2D eigenvalue weighted by molar-refractivity contribution is 0.0684. The molecule has 0 saturated carbocycles. The second-order valence-corrected chi connectivity index (χ2v) is 6.08. The lowest BCUT2D eigenvalue weighted by atomic mass is 9.94. The molecule has 1 aliphatic heterocycles. The van der Waals surface area contributed by atoms with Gasteiger partial charge in [-0.15, -0.1) is 0 Å². The largest absolute Gasteiger partial charge is 0.456 e. The average Bonchev–Trinajstić information content (AvgIpc) is 2.92. The minimum atomic E-state index is -0.384. The molecule has 1 aromatic rings. The standard InChI is InChI=1S/C13H19N3O3S/c1-9-3-4-10(19-9)11(17)16-7-5-13(20-2,6-8-16)12(14)15-18/h3-4,18H,5-8H2,1-2H3,(H2,14,15). The van der Waals surface area contributed by atoms with Crippen LogP contribution >= 0.6 is 11.8 Å². The van der Waals surface area contributed by atoms with Gasteiger partial charge in [-0.3, -0.25) is 4.79 Å². The Bertz CT molecular complexity index is 519. The molecule has 3 N–H and O–H groups in total. The van der Waals surface area contributed by atoms with Gasteiger partial charge in [0, 0.05) is 13.1 Å². The van der Waals surface area contributed by atoms with Crippen LogP contribution in [0.5, 0.6) is 0 Å². The van der Waals surface area contributed by atoms with E-state index in [1.165, 1.54) is 0 Å². The SMILES string of the molecule is CSC1(C(N)=NO)CCN(C(=O)c2ccc(C)o2)CC1. The molecular weight excluding hydrogens is 278 g/mol. The van der Waals surface area contributed by atoms with E-state index in [2.05, 4.69) is 5.16 Å². The zero-order valence-corrected chi connectivity index (χ0v) is 12.4. The predicted octanol–water partition coefficient (Wildman–Crippen LogP) is 1.67. The Hall–Kier alpha value is -1.63. The lowest BCUT2D eigenvalue weighted by Gasteiger charge is -2.39. The molecule has 1 fully saturated rings. The summed E-state index contributed by atoms with van der Waals surface area (Å²) in [6, 6.07) is 3.47. The van der Waals surface area contributed by atoms with E-state index in [0.29, 0.717) is 31.7 Å². The molecule has 2 heterocycles. The van der Waals surface area contributed by atoms with Crippen molar-refractivity contribution in [2.24, 2.45) is 10.9 Å². The third-order valence-electron chi connectivity index (χ3n) is 3.77. The van der Waals surface area contributed by atoms with Crippen molar-refractivity contribution < 1.29 is 14.4 Å². The highest BCUT2D eigenvalue weighted by Crippen LogP contribution is 2.35. The summed E-state index contributed by atoms with van der Waals surface area (Å²) in [4.78, 5) is 14.0. The van der Waals surface area contributed by atoms with Crippen LogP contribution in [0.2, 0.25) is 0 Å². The van der Waals surface area contributed by atoms with Crippen molar-refractivity contribution >= 4 is 23.5 Å². The van der Waals surface area contributed by atoms with Gasteiger partial charge in [0.25, 0.3) is 5.91 Å². The van der Waals surface area contributed by atoms with Crippen molar-refractivity contribution in [1.29, 1.82) is 0 Å². The van der Waals surface area contributed by atoms with Crippen LogP contribution in [0, 0.1) is 6.92 Å². The van der Waals surface area contributed by atoms with Crippen LogP contribution in [0.1, 0.15) is 29.2 Å². The van der Waals surface area contributed by atoms with Crippen LogP contribution in [-0.2, 0) is 0 Å². The highest BCUT2D eigenvalue weighted by atomic mass is 32.2. The van der Waals surface area contributed by atoms with Crippen LogP contribution in [0.25, 0.3) is 0 Å². The summed E-state index contributed by atoms with van der Waals surface area (Å²) in [5, 5.41) is 12.0. The van der Waals surface area contributed by atoms with Crippen molar-refractivity contribution in [1.82, 2.24) is 4.90 Å². The summed E-state index contributed by atoms with van der Waals surface area (Å²) in [7, 11) is 0. The fourth-order valence-corrected chi connectivity index (χ4v) is 3.27. The number of aryl methyl sites for hydroxylation is 1. The first kappa shape index (κ1) is 14.8. The number of nitrogens with two attached hydrogens (primary N) is 1. The lowest BCUT2D eigenvalue weighted by Crippen LogP contribution is -2.51. The Morgan fingerprint density at radius 1 is 1.50 bits per heavy atom. The number of carbonyl (C=O) groups is 1. The number of rotatable bonds is 3. The molecule has 0 spiro atoms. The average molecular weight is 297 g/mol. The highest BCUT2D eigenvalue weighted by molar-refractivity contribution is 8.00. The maximum Gasteiger partial charge on any atom is 0.289 e. The first-order valence-electron chi connectivity index (χ1n) is 6.41. The fraction of sp³-hybridized carbons (Fsp3) is 0.538. The Kier molecular flexibility index (Phi) is 4.27. The van der Waals surface area contributed by atoms with Gasteiger partial charge in [-0.2, -0.15) is 11.8 Å². The molecular formula is C13H19N3O3S. The molecule has 1 aliphatic rings. The minimum absolute atomic E-state index is 0.104. The van der Waals surface area contributed by atoms with E-state index in [9.17, 15) is 4.79 Å². The Balaban J connectivity index is 2.06. The maximum atomic E-state index is 12.3. The van der Waals surface area contributed by atoms with Gasteiger partial charge in [0.05, 0.1) is 4.75 Å². The van der Waals surface area contributed by atoms with Gasteiger partial charge in [-0.05, 0) is 38.2 Å². The van der Waals surface area contributed by atoms with Gasteiger partial charge in [0.15, 0.2) is 11.6 Å². The normalized spacial score (nSPS) is 19.1. The second-order valence-electron chi connectivity index (χ2n) is 4.89. The molecule has 1 aromatic heterocycles. The summed E-state index contributed by atoms with van der Waals surface area (Å²) in [5.74, 6) is 1.21. The van der Waals surface area contributed by atoms with E-state index in [-0.39, 0.29) is 16.5 Å². The number of piperidine rings is 1. The summed E-state index contributed by atoms with van der Waals surface area (Å²) in [6.45, 7) is 2.94. The number of hydrogen-bond acceptors (Lipinski definition) is 5. The van der Waals surface area contributed by atoms with E-state index >= 15 is 0 Å². The molecule has 0 bridgehead atoms. The smallest absolute Gasteiger partial charge is 0.289 e. The zero-order chi connectivity index (χ0) is 14.8. The summed E-state index contributed by atoms with van der Waals surface area (Å²) >= 11 is 1.56. The molecule has 0 unspecified atom stereocenters. The highest BCUT2D eigenvalue weighted by Gasteiger charge is 2.39. The number of hydrogen-bond donors (Lipinski definition) is 2. The topological polar surface area (TPSA) is 92.1 Å². The molecule has 1 saturated heterocycles. The molecule has 6 nitrogen and oxygen atoms in total. The Labute approximate surface area is 122 Å². The van der Waals surface area contributed by atoms with Crippen LogP contribution in [-0.4, -0.2) is 45.9 Å². The molecule has 20 heavy (non-hydrogen) atoms. The van der Waals surface area contributed by atoms with Crippen molar-refractivity contribution in [2.75, 3.05) is 19.3 Å². The molecule has 1 amide bonds. The molecule has 0 radical (unpaired) electrons. The number of likely N-dealkylation sites (tertiary alicyclic amines) is 1. The number of carbonyl (C=O) groups excluding carboxylic acids is 1. The van der Waals surface area contributed by atoms with E-state index in [4.69, 9.17) is 15.4 Å². The predicted molar refractivity (Wildman–Crippen MR) is 78.2 cm³/mol. The van der Waals surface area contributed by atoms with Gasteiger partial charge >= 0.3 is 0 Å². The number of furan rings is 1. The molecule has 0 aliphatic carbocycles. The molecule has 110 valence electrons. The Morgan fingerprint density at radius 2 is 2.15 bits per heavy atom. The Morgan fingerprint density at radius 3 is 2.60 bits per heavy atom. The molecule has 0 aromatic carbocycles. The van der Waals surface area contributed by atoms with Gasteiger partial charge in [-0.25, -0.2) is 0 Å². The van der Waals surface area contributed by atoms with E-state index in [1.807, 2.05) is 13.2 Å². The maximum absolute atomic E-state index is 12.3. The van der Waals surface area contributed by atoms with E-state index in [1.54, 1.807) is 28.8 Å². The third kappa shape index (κ3) is 2.63. The van der Waals surface area contributed by atoms with Crippen molar-refractivity contribution in [2.45, 2.75) is 24.5 Å². The van der Waals surface area contributed by atoms with Gasteiger partial charge in [0.2, 0.25) is 0 Å². The number of amides is 1. The summed E-state index contributed by atoms with van der Waals surface area (Å²) < 4.78 is 4.98. The van der Waals surface area contributed by atoms with E-state index in [0.717, 1.165) is 5.76 Å². The molecule has 2 rings (SSSR count). The minimum Gasteiger partial charge on any atom is -0.456 e. The van der Waals surface area contributed by atoms with Crippen LogP contribution in [0.3, 0.4) is 0 Å². The van der Waals surface area contributed by atoms with Crippen LogP contribution in [0.4, 0.5) is 0 Å².